The third-order valence-electron chi connectivity index (χ3n) is 7.94. The van der Waals surface area contributed by atoms with Crippen LogP contribution >= 0.6 is 0 Å². The highest BCUT2D eigenvalue weighted by Crippen LogP contribution is 2.30. The molecule has 3 atom stereocenters. The van der Waals surface area contributed by atoms with Crippen molar-refractivity contribution < 1.29 is 33.4 Å². The Morgan fingerprint density at radius 3 is 2.16 bits per heavy atom. The summed E-state index contributed by atoms with van der Waals surface area (Å²) < 4.78 is 10.2. The van der Waals surface area contributed by atoms with E-state index in [9.17, 15) is 24.0 Å². The van der Waals surface area contributed by atoms with Gasteiger partial charge in [-0.3, -0.25) is 14.4 Å². The van der Waals surface area contributed by atoms with Crippen LogP contribution in [0.15, 0.2) is 54.6 Å². The summed E-state index contributed by atoms with van der Waals surface area (Å²) in [6.07, 6.45) is 0.660. The number of nitrogens with zero attached hydrogens (tertiary/aromatic N) is 1. The number of piperidine rings is 1. The van der Waals surface area contributed by atoms with Gasteiger partial charge in [0.15, 0.2) is 0 Å². The van der Waals surface area contributed by atoms with E-state index >= 15 is 0 Å². The first-order valence-corrected chi connectivity index (χ1v) is 14.6. The molecule has 1 aliphatic rings. The topological polar surface area (TPSA) is 157 Å². The van der Waals surface area contributed by atoms with Gasteiger partial charge < -0.3 is 30.7 Å². The number of nitrogens with two attached hydrogens (primary N) is 1. The first-order valence-electron chi connectivity index (χ1n) is 14.6. The molecule has 1 aliphatic heterocycles. The fourth-order valence-corrected chi connectivity index (χ4v) is 5.18. The van der Waals surface area contributed by atoms with Gasteiger partial charge in [0, 0.05) is 25.2 Å². The molecule has 2 aromatic rings. The highest BCUT2D eigenvalue weighted by atomic mass is 16.5. The molecular weight excluding hydrogens is 552 g/mol. The molecule has 2 unspecified atom stereocenters. The fourth-order valence-electron chi connectivity index (χ4n) is 5.18. The maximum atomic E-state index is 13.2. The van der Waals surface area contributed by atoms with E-state index in [4.69, 9.17) is 15.2 Å². The molecule has 1 fully saturated rings. The van der Waals surface area contributed by atoms with Crippen LogP contribution in [0.5, 0.6) is 0 Å². The second kappa shape index (κ2) is 15.2. The third-order valence-corrected chi connectivity index (χ3v) is 7.94. The zero-order valence-corrected chi connectivity index (χ0v) is 25.3. The molecule has 0 aromatic heterocycles. The number of esters is 2. The summed E-state index contributed by atoms with van der Waals surface area (Å²) in [7, 11) is 1.32. The molecule has 0 spiro atoms. The van der Waals surface area contributed by atoms with Gasteiger partial charge in [0.2, 0.25) is 17.7 Å². The number of rotatable bonds is 13. The van der Waals surface area contributed by atoms with Gasteiger partial charge in [-0.15, -0.1) is 0 Å². The van der Waals surface area contributed by atoms with Crippen molar-refractivity contribution in [3.05, 3.63) is 65.7 Å². The van der Waals surface area contributed by atoms with Crippen LogP contribution in [0.25, 0.3) is 0 Å². The van der Waals surface area contributed by atoms with Crippen molar-refractivity contribution >= 4 is 35.3 Å². The maximum absolute atomic E-state index is 13.2. The van der Waals surface area contributed by atoms with E-state index in [1.54, 1.807) is 20.8 Å². The van der Waals surface area contributed by atoms with Gasteiger partial charge in [0.25, 0.3) is 0 Å². The number of nitrogens with one attached hydrogen (secondary N) is 2. The molecule has 11 heteroatoms. The summed E-state index contributed by atoms with van der Waals surface area (Å²) >= 11 is 0. The van der Waals surface area contributed by atoms with Crippen LogP contribution in [0.1, 0.15) is 69.4 Å². The van der Waals surface area contributed by atoms with Gasteiger partial charge in [-0.1, -0.05) is 42.5 Å². The lowest BCUT2D eigenvalue weighted by atomic mass is 9.85. The second-order valence-electron chi connectivity index (χ2n) is 10.8. The average Bonchev–Trinajstić information content (AvgIpc) is 3.02. The molecule has 3 amide bonds. The van der Waals surface area contributed by atoms with Crippen molar-refractivity contribution in [2.24, 2.45) is 5.73 Å². The highest BCUT2D eigenvalue weighted by molar-refractivity contribution is 5.91. The largest absolute Gasteiger partial charge is 0.467 e. The van der Waals surface area contributed by atoms with E-state index in [0.29, 0.717) is 25.9 Å². The van der Waals surface area contributed by atoms with Gasteiger partial charge in [-0.2, -0.15) is 0 Å². The molecule has 2 aromatic carbocycles. The molecule has 4 N–H and O–H groups in total. The normalized spacial score (nSPS) is 16.2. The maximum Gasteiger partial charge on any atom is 0.331 e. The fraction of sp³-hybridized carbons (Fsp3) is 0.469. The minimum atomic E-state index is -1.15. The molecule has 11 nitrogen and oxygen atoms in total. The number of primary amides is 1. The van der Waals surface area contributed by atoms with Crippen molar-refractivity contribution in [2.75, 3.05) is 31.7 Å². The quantitative estimate of drug-likeness (QED) is 0.299. The molecule has 1 saturated heterocycles. The standard InChI is InChI=1S/C32H42N4O7/c1-5-43-30(40)26(14-15-27(33)37)34-28(38)22(3)24-12-9-13-25(20-24)36-18-16-32(17-19-36,31(41)42-4)35-29(39)21(2)23-10-7-6-8-11-23/h6-13,20-22,26H,5,14-19H2,1-4H3,(H2,33,37)(H,34,38)(H,35,39)/t21?,22?,26-/m0/s1. The van der Waals surface area contributed by atoms with E-state index in [2.05, 4.69) is 15.5 Å². The Kier molecular flexibility index (Phi) is 11.7. The second-order valence-corrected chi connectivity index (χ2v) is 10.8. The van der Waals surface area contributed by atoms with Crippen molar-refractivity contribution in [1.29, 1.82) is 0 Å². The smallest absolute Gasteiger partial charge is 0.331 e. The number of methoxy groups -OCH3 is 1. The van der Waals surface area contributed by atoms with Crippen molar-refractivity contribution in [3.8, 4) is 0 Å². The number of ether oxygens (including phenoxy) is 2. The number of benzene rings is 2. The minimum Gasteiger partial charge on any atom is -0.467 e. The Bertz CT molecular complexity index is 1290. The SMILES string of the molecule is CCOC(=O)[C@H](CCC(N)=O)NC(=O)C(C)c1cccc(N2CCC(NC(=O)C(C)c3ccccc3)(C(=O)OC)CC2)c1. The number of hydrogen-bond acceptors (Lipinski definition) is 8. The van der Waals surface area contributed by atoms with Crippen LogP contribution in [-0.4, -0.2) is 68.0 Å². The van der Waals surface area contributed by atoms with Gasteiger partial charge >= 0.3 is 11.9 Å². The summed E-state index contributed by atoms with van der Waals surface area (Å²) in [4.78, 5) is 64.9. The predicted molar refractivity (Wildman–Crippen MR) is 161 cm³/mol. The van der Waals surface area contributed by atoms with Crippen LogP contribution in [0.4, 0.5) is 5.69 Å². The first kappa shape index (κ1) is 33.1. The summed E-state index contributed by atoms with van der Waals surface area (Å²) in [5.41, 5.74) is 6.52. The average molecular weight is 595 g/mol. The van der Waals surface area contributed by atoms with E-state index in [1.165, 1.54) is 7.11 Å². The molecule has 3 rings (SSSR count). The number of anilines is 1. The number of amides is 3. The van der Waals surface area contributed by atoms with E-state index < -0.39 is 47.2 Å². The van der Waals surface area contributed by atoms with Crippen molar-refractivity contribution in [2.45, 2.75) is 69.9 Å². The summed E-state index contributed by atoms with van der Waals surface area (Å²) in [5.74, 6) is -3.36. The van der Waals surface area contributed by atoms with Crippen LogP contribution in [0.2, 0.25) is 0 Å². The number of hydrogen-bond donors (Lipinski definition) is 3. The molecule has 1 heterocycles. The molecule has 0 aliphatic carbocycles. The Morgan fingerprint density at radius 2 is 1.56 bits per heavy atom. The summed E-state index contributed by atoms with van der Waals surface area (Å²) in [6, 6.07) is 15.9. The Balaban J connectivity index is 1.69. The lowest BCUT2D eigenvalue weighted by Gasteiger charge is -2.41. The van der Waals surface area contributed by atoms with E-state index in [1.807, 2.05) is 54.6 Å². The molecule has 0 radical (unpaired) electrons. The molecular formula is C32H42N4O7. The predicted octanol–water partition coefficient (Wildman–Crippen LogP) is 2.54. The van der Waals surface area contributed by atoms with Crippen LogP contribution < -0.4 is 21.3 Å². The molecule has 232 valence electrons. The van der Waals surface area contributed by atoms with Gasteiger partial charge in [-0.25, -0.2) is 9.59 Å². The summed E-state index contributed by atoms with van der Waals surface area (Å²) in [6.45, 7) is 6.28. The van der Waals surface area contributed by atoms with Gasteiger partial charge in [-0.05, 0) is 63.3 Å². The Labute approximate surface area is 252 Å². The van der Waals surface area contributed by atoms with Crippen LogP contribution in [0.3, 0.4) is 0 Å². The summed E-state index contributed by atoms with van der Waals surface area (Å²) in [5, 5.41) is 5.69. The van der Waals surface area contributed by atoms with E-state index in [0.717, 1.165) is 16.8 Å². The number of carbonyl (C=O) groups is 5. The highest BCUT2D eigenvalue weighted by Gasteiger charge is 2.44. The molecule has 0 bridgehead atoms. The van der Waals surface area contributed by atoms with Crippen molar-refractivity contribution in [1.82, 2.24) is 10.6 Å². The lowest BCUT2D eigenvalue weighted by molar-refractivity contribution is -0.152. The Hall–Kier alpha value is -4.41. The minimum absolute atomic E-state index is 0.0447. The Morgan fingerprint density at radius 1 is 0.930 bits per heavy atom. The first-order chi connectivity index (χ1) is 20.5. The lowest BCUT2D eigenvalue weighted by Crippen LogP contribution is -2.61. The van der Waals surface area contributed by atoms with Gasteiger partial charge in [0.05, 0.1) is 25.6 Å². The number of carbonyl (C=O) groups excluding carboxylic acids is 5. The molecule has 0 saturated carbocycles. The van der Waals surface area contributed by atoms with E-state index in [-0.39, 0.29) is 25.4 Å². The third kappa shape index (κ3) is 8.56. The van der Waals surface area contributed by atoms with Crippen LogP contribution in [-0.2, 0) is 33.4 Å². The van der Waals surface area contributed by atoms with Crippen LogP contribution in [0, 0.1) is 0 Å². The van der Waals surface area contributed by atoms with Gasteiger partial charge in [0.1, 0.15) is 11.6 Å². The monoisotopic (exact) mass is 594 g/mol. The molecule has 43 heavy (non-hydrogen) atoms. The zero-order valence-electron chi connectivity index (χ0n) is 25.3. The zero-order chi connectivity index (χ0) is 31.6. The van der Waals surface area contributed by atoms with Crippen molar-refractivity contribution in [3.63, 3.8) is 0 Å².